The van der Waals surface area contributed by atoms with E-state index in [9.17, 15) is 13.2 Å². The van der Waals surface area contributed by atoms with Crippen molar-refractivity contribution < 1.29 is 17.9 Å². The number of hydrogen-bond donors (Lipinski definition) is 1. The van der Waals surface area contributed by atoms with E-state index in [-0.39, 0.29) is 5.88 Å². The van der Waals surface area contributed by atoms with Crippen molar-refractivity contribution >= 4 is 10.9 Å². The average Bonchev–Trinajstić information content (AvgIpc) is 2.90. The maximum atomic E-state index is 12.3. The Hall–Kier alpha value is -2.64. The summed E-state index contributed by atoms with van der Waals surface area (Å²) in [4.78, 5) is 7.76. The minimum absolute atomic E-state index is 0.106. The average molecular weight is 294 g/mol. The van der Waals surface area contributed by atoms with E-state index in [1.54, 1.807) is 30.6 Å². The van der Waals surface area contributed by atoms with Crippen LogP contribution in [0.15, 0.2) is 36.8 Å². The van der Waals surface area contributed by atoms with E-state index in [2.05, 4.69) is 20.2 Å². The van der Waals surface area contributed by atoms with Crippen LogP contribution in [0.5, 0.6) is 5.88 Å². The van der Waals surface area contributed by atoms with Crippen molar-refractivity contribution in [2.75, 3.05) is 6.61 Å². The summed E-state index contributed by atoms with van der Waals surface area (Å²) in [6.07, 6.45) is 0.0812. The first kappa shape index (κ1) is 13.3. The van der Waals surface area contributed by atoms with Crippen LogP contribution in [0.1, 0.15) is 0 Å². The molecule has 0 amide bonds. The second-order valence-corrected chi connectivity index (χ2v) is 4.25. The number of alkyl halides is 3. The normalized spacial score (nSPS) is 11.8. The molecule has 0 spiro atoms. The smallest absolute Gasteiger partial charge is 0.422 e. The molecule has 5 nitrogen and oxygen atoms in total. The zero-order valence-corrected chi connectivity index (χ0v) is 10.6. The third-order valence-corrected chi connectivity index (χ3v) is 2.77. The molecule has 8 heteroatoms. The number of rotatable bonds is 3. The van der Waals surface area contributed by atoms with Crippen LogP contribution in [0, 0.1) is 0 Å². The summed E-state index contributed by atoms with van der Waals surface area (Å²) < 4.78 is 41.7. The van der Waals surface area contributed by atoms with E-state index < -0.39 is 12.8 Å². The molecule has 3 aromatic heterocycles. The number of halogens is 3. The molecule has 0 atom stereocenters. The van der Waals surface area contributed by atoms with E-state index >= 15 is 0 Å². The highest BCUT2D eigenvalue weighted by Gasteiger charge is 2.29. The van der Waals surface area contributed by atoms with Gasteiger partial charge in [0.2, 0.25) is 5.88 Å². The quantitative estimate of drug-likeness (QED) is 0.806. The number of aromatic amines is 1. The fourth-order valence-corrected chi connectivity index (χ4v) is 1.91. The lowest BCUT2D eigenvalue weighted by Crippen LogP contribution is -2.19. The molecule has 3 heterocycles. The lowest BCUT2D eigenvalue weighted by Gasteiger charge is -2.09. The molecule has 0 aliphatic carbocycles. The number of ether oxygens (including phenoxy) is 1. The Balaban J connectivity index is 2.07. The highest BCUT2D eigenvalue weighted by atomic mass is 19.4. The molecule has 0 saturated heterocycles. The van der Waals surface area contributed by atoms with Crippen LogP contribution in [0.4, 0.5) is 13.2 Å². The Bertz CT molecular complexity index is 755. The highest BCUT2D eigenvalue weighted by molar-refractivity contribution is 5.96. The lowest BCUT2D eigenvalue weighted by molar-refractivity contribution is -0.153. The SMILES string of the molecule is FC(F)(F)COc1nccc2[nH]nc(-c3ccncc3)c12. The van der Waals surface area contributed by atoms with Crippen LogP contribution in [-0.2, 0) is 0 Å². The van der Waals surface area contributed by atoms with Crippen LogP contribution in [0.2, 0.25) is 0 Å². The first-order chi connectivity index (χ1) is 10.0. The zero-order chi connectivity index (χ0) is 14.9. The van der Waals surface area contributed by atoms with Gasteiger partial charge in [-0.2, -0.15) is 18.3 Å². The molecule has 21 heavy (non-hydrogen) atoms. The van der Waals surface area contributed by atoms with E-state index in [0.29, 0.717) is 22.2 Å². The Morgan fingerprint density at radius 3 is 2.57 bits per heavy atom. The van der Waals surface area contributed by atoms with Gasteiger partial charge in [-0.05, 0) is 18.2 Å². The molecular formula is C13H9F3N4O. The Morgan fingerprint density at radius 1 is 1.10 bits per heavy atom. The molecule has 0 unspecified atom stereocenters. The second-order valence-electron chi connectivity index (χ2n) is 4.25. The molecule has 3 aromatic rings. The summed E-state index contributed by atoms with van der Waals surface area (Å²) in [5.41, 5.74) is 1.73. The van der Waals surface area contributed by atoms with Gasteiger partial charge >= 0.3 is 6.18 Å². The van der Waals surface area contributed by atoms with Gasteiger partial charge in [-0.3, -0.25) is 10.1 Å². The predicted octanol–water partition coefficient (Wildman–Crippen LogP) is 2.96. The Labute approximate surface area is 116 Å². The maximum Gasteiger partial charge on any atom is 0.422 e. The van der Waals surface area contributed by atoms with Gasteiger partial charge in [0.25, 0.3) is 0 Å². The number of H-pyrrole nitrogens is 1. The maximum absolute atomic E-state index is 12.3. The van der Waals surface area contributed by atoms with Crippen LogP contribution in [0.25, 0.3) is 22.2 Å². The van der Waals surface area contributed by atoms with Crippen LogP contribution in [0.3, 0.4) is 0 Å². The van der Waals surface area contributed by atoms with Gasteiger partial charge in [-0.25, -0.2) is 4.98 Å². The van der Waals surface area contributed by atoms with Crippen LogP contribution in [-0.4, -0.2) is 32.9 Å². The molecule has 108 valence electrons. The van der Waals surface area contributed by atoms with Crippen molar-refractivity contribution in [3.05, 3.63) is 36.8 Å². The van der Waals surface area contributed by atoms with Crippen LogP contribution >= 0.6 is 0 Å². The standard InChI is InChI=1S/C13H9F3N4O/c14-13(15,16)7-21-12-10-9(3-6-18-12)19-20-11(10)8-1-4-17-5-2-8/h1-6H,7H2,(H,19,20). The molecule has 0 radical (unpaired) electrons. The predicted molar refractivity (Wildman–Crippen MR) is 68.7 cm³/mol. The van der Waals surface area contributed by atoms with Gasteiger partial charge in [0, 0.05) is 24.2 Å². The number of nitrogens with one attached hydrogen (secondary N) is 1. The Morgan fingerprint density at radius 2 is 1.86 bits per heavy atom. The van der Waals surface area contributed by atoms with Crippen molar-refractivity contribution in [1.29, 1.82) is 0 Å². The number of pyridine rings is 2. The fourth-order valence-electron chi connectivity index (χ4n) is 1.91. The highest BCUT2D eigenvalue weighted by Crippen LogP contribution is 2.32. The van der Waals surface area contributed by atoms with Gasteiger partial charge in [0.15, 0.2) is 6.61 Å². The molecular weight excluding hydrogens is 285 g/mol. The third-order valence-electron chi connectivity index (χ3n) is 2.77. The van der Waals surface area contributed by atoms with Gasteiger partial charge in [0.05, 0.1) is 10.9 Å². The number of hydrogen-bond acceptors (Lipinski definition) is 4. The summed E-state index contributed by atoms with van der Waals surface area (Å²) in [6, 6.07) is 5.03. The van der Waals surface area contributed by atoms with Crippen molar-refractivity contribution in [1.82, 2.24) is 20.2 Å². The molecule has 0 bridgehead atoms. The van der Waals surface area contributed by atoms with Crippen LogP contribution < -0.4 is 4.74 Å². The largest absolute Gasteiger partial charge is 0.467 e. The summed E-state index contributed by atoms with van der Waals surface area (Å²) in [7, 11) is 0. The minimum atomic E-state index is -4.43. The van der Waals surface area contributed by atoms with Crippen molar-refractivity contribution in [2.24, 2.45) is 0 Å². The van der Waals surface area contributed by atoms with Crippen molar-refractivity contribution in [3.63, 3.8) is 0 Å². The van der Waals surface area contributed by atoms with E-state index in [1.165, 1.54) is 6.20 Å². The van der Waals surface area contributed by atoms with Crippen molar-refractivity contribution in [2.45, 2.75) is 6.18 Å². The van der Waals surface area contributed by atoms with Gasteiger partial charge < -0.3 is 4.74 Å². The van der Waals surface area contributed by atoms with Crippen molar-refractivity contribution in [3.8, 4) is 17.1 Å². The first-order valence-electron chi connectivity index (χ1n) is 5.97. The molecule has 0 aliphatic rings. The van der Waals surface area contributed by atoms with Gasteiger partial charge in [-0.1, -0.05) is 0 Å². The second kappa shape index (κ2) is 5.04. The molecule has 0 saturated carbocycles. The Kier molecular flexibility index (Phi) is 3.20. The topological polar surface area (TPSA) is 63.7 Å². The first-order valence-corrected chi connectivity index (χ1v) is 5.97. The third kappa shape index (κ3) is 2.78. The minimum Gasteiger partial charge on any atom is -0.467 e. The number of nitrogens with zero attached hydrogens (tertiary/aromatic N) is 3. The molecule has 0 fully saturated rings. The molecule has 3 rings (SSSR count). The fraction of sp³-hybridized carbons (Fsp3) is 0.154. The summed E-state index contributed by atoms with van der Waals surface area (Å²) in [6.45, 7) is -1.40. The number of aromatic nitrogens is 4. The van der Waals surface area contributed by atoms with E-state index in [0.717, 1.165) is 0 Å². The molecule has 0 aromatic carbocycles. The number of fused-ring (bicyclic) bond motifs is 1. The van der Waals surface area contributed by atoms with E-state index in [1.807, 2.05) is 0 Å². The van der Waals surface area contributed by atoms with E-state index in [4.69, 9.17) is 4.74 Å². The zero-order valence-electron chi connectivity index (χ0n) is 10.6. The molecule has 1 N–H and O–H groups in total. The monoisotopic (exact) mass is 294 g/mol. The summed E-state index contributed by atoms with van der Waals surface area (Å²) in [5, 5.41) is 7.28. The molecule has 0 aliphatic heterocycles. The lowest BCUT2D eigenvalue weighted by atomic mass is 10.1. The van der Waals surface area contributed by atoms with Gasteiger partial charge in [-0.15, -0.1) is 0 Å². The van der Waals surface area contributed by atoms with Gasteiger partial charge in [0.1, 0.15) is 5.69 Å². The summed E-state index contributed by atoms with van der Waals surface area (Å²) in [5.74, 6) is -0.106. The summed E-state index contributed by atoms with van der Waals surface area (Å²) >= 11 is 0.